The van der Waals surface area contributed by atoms with Gasteiger partial charge in [-0.2, -0.15) is 0 Å². The molecule has 0 spiro atoms. The third-order valence-electron chi connectivity index (χ3n) is 3.37. The van der Waals surface area contributed by atoms with Crippen LogP contribution in [-0.4, -0.2) is 22.8 Å². The molecule has 0 fully saturated rings. The minimum absolute atomic E-state index is 0.0529. The van der Waals surface area contributed by atoms with Crippen LogP contribution in [0.1, 0.15) is 52.0 Å². The molecule has 2 atom stereocenters. The molecule has 0 aliphatic carbocycles. The summed E-state index contributed by atoms with van der Waals surface area (Å²) in [5.41, 5.74) is 1.38. The number of hydrogen-bond acceptors (Lipinski definition) is 4. The molecular weight excluding hydrogens is 298 g/mol. The Hall–Kier alpha value is -1.98. The van der Waals surface area contributed by atoms with E-state index in [0.717, 1.165) is 5.56 Å². The molecule has 1 aromatic heterocycles. The van der Waals surface area contributed by atoms with Crippen LogP contribution in [0.5, 0.6) is 0 Å². The molecule has 1 heterocycles. The number of ketones is 1. The molecule has 0 bridgehead atoms. The van der Waals surface area contributed by atoms with Gasteiger partial charge in [-0.25, -0.2) is 0 Å². The molecule has 4 nitrogen and oxygen atoms in total. The van der Waals surface area contributed by atoms with Crippen molar-refractivity contribution >= 4 is 23.0 Å². The predicted octanol–water partition coefficient (Wildman–Crippen LogP) is 3.19. The van der Waals surface area contributed by atoms with Gasteiger partial charge in [0.15, 0.2) is 5.78 Å². The lowest BCUT2D eigenvalue weighted by molar-refractivity contribution is 0.0921. The summed E-state index contributed by atoms with van der Waals surface area (Å²) in [5.74, 6) is -0.270. The Balaban J connectivity index is 1.92. The predicted molar refractivity (Wildman–Crippen MR) is 87.3 cm³/mol. The highest BCUT2D eigenvalue weighted by molar-refractivity contribution is 7.12. The van der Waals surface area contributed by atoms with Crippen LogP contribution in [0.3, 0.4) is 0 Å². The molecule has 1 aromatic carbocycles. The third-order valence-corrected chi connectivity index (χ3v) is 4.30. The molecule has 0 saturated carbocycles. The van der Waals surface area contributed by atoms with Gasteiger partial charge >= 0.3 is 0 Å². The molecule has 116 valence electrons. The Morgan fingerprint density at radius 2 is 1.95 bits per heavy atom. The van der Waals surface area contributed by atoms with Crippen molar-refractivity contribution in [2.24, 2.45) is 0 Å². The second-order valence-corrected chi connectivity index (χ2v) is 6.20. The van der Waals surface area contributed by atoms with Crippen LogP contribution in [0.2, 0.25) is 0 Å². The summed E-state index contributed by atoms with van der Waals surface area (Å²) in [6.45, 7) is 3.33. The SMILES string of the molecule is CC(=O)c1csc(C(=O)N[C@@H](C)C[C@@H](O)c2ccccc2)c1. The summed E-state index contributed by atoms with van der Waals surface area (Å²) in [7, 11) is 0. The first-order valence-corrected chi connectivity index (χ1v) is 7.98. The highest BCUT2D eigenvalue weighted by Crippen LogP contribution is 2.19. The highest BCUT2D eigenvalue weighted by Gasteiger charge is 2.17. The Morgan fingerprint density at radius 3 is 2.55 bits per heavy atom. The fraction of sp³-hybridized carbons (Fsp3) is 0.294. The number of aliphatic hydroxyl groups excluding tert-OH is 1. The summed E-state index contributed by atoms with van der Waals surface area (Å²) in [6, 6.07) is 10.8. The number of thiophene rings is 1. The van der Waals surface area contributed by atoms with E-state index in [1.54, 1.807) is 11.4 Å². The van der Waals surface area contributed by atoms with Gasteiger partial charge in [-0.05, 0) is 31.9 Å². The van der Waals surface area contributed by atoms with Crippen molar-refractivity contribution in [1.82, 2.24) is 5.32 Å². The lowest BCUT2D eigenvalue weighted by Crippen LogP contribution is -2.33. The van der Waals surface area contributed by atoms with Crippen LogP contribution >= 0.6 is 11.3 Å². The van der Waals surface area contributed by atoms with Crippen molar-refractivity contribution in [3.05, 3.63) is 57.8 Å². The lowest BCUT2D eigenvalue weighted by Gasteiger charge is -2.17. The zero-order valence-electron chi connectivity index (χ0n) is 12.6. The molecule has 0 unspecified atom stereocenters. The summed E-state index contributed by atoms with van der Waals surface area (Å²) in [6.07, 6.45) is -0.187. The van der Waals surface area contributed by atoms with Crippen LogP contribution in [0.25, 0.3) is 0 Å². The zero-order valence-corrected chi connectivity index (χ0v) is 13.4. The number of amides is 1. The Bertz CT molecular complexity index is 651. The van der Waals surface area contributed by atoms with Gasteiger partial charge < -0.3 is 10.4 Å². The van der Waals surface area contributed by atoms with Crippen LogP contribution in [0.15, 0.2) is 41.8 Å². The van der Waals surface area contributed by atoms with Gasteiger partial charge in [-0.3, -0.25) is 9.59 Å². The van der Waals surface area contributed by atoms with Crippen molar-refractivity contribution < 1.29 is 14.7 Å². The van der Waals surface area contributed by atoms with Gasteiger partial charge in [-0.1, -0.05) is 30.3 Å². The normalized spacial score (nSPS) is 13.4. The molecule has 0 aliphatic heterocycles. The molecule has 2 N–H and O–H groups in total. The van der Waals surface area contributed by atoms with E-state index in [0.29, 0.717) is 16.9 Å². The van der Waals surface area contributed by atoms with Crippen molar-refractivity contribution in [3.63, 3.8) is 0 Å². The van der Waals surface area contributed by atoms with Crippen molar-refractivity contribution in [1.29, 1.82) is 0 Å². The quantitative estimate of drug-likeness (QED) is 0.804. The van der Waals surface area contributed by atoms with E-state index >= 15 is 0 Å². The maximum atomic E-state index is 12.1. The zero-order chi connectivity index (χ0) is 16.1. The van der Waals surface area contributed by atoms with Crippen molar-refractivity contribution in [2.75, 3.05) is 0 Å². The van der Waals surface area contributed by atoms with Gasteiger partial charge in [0.25, 0.3) is 5.91 Å². The number of aliphatic hydroxyl groups is 1. The van der Waals surface area contributed by atoms with E-state index in [2.05, 4.69) is 5.32 Å². The molecule has 22 heavy (non-hydrogen) atoms. The minimum Gasteiger partial charge on any atom is -0.388 e. The monoisotopic (exact) mass is 317 g/mol. The number of carbonyl (C=O) groups excluding carboxylic acids is 2. The van der Waals surface area contributed by atoms with Gasteiger partial charge in [0.2, 0.25) is 0 Å². The van der Waals surface area contributed by atoms with E-state index < -0.39 is 6.10 Å². The first-order chi connectivity index (χ1) is 10.5. The first kappa shape index (κ1) is 16.4. The third kappa shape index (κ3) is 4.26. The topological polar surface area (TPSA) is 66.4 Å². The van der Waals surface area contributed by atoms with E-state index in [9.17, 15) is 14.7 Å². The Kier molecular flexibility index (Phi) is 5.46. The minimum atomic E-state index is -0.618. The van der Waals surface area contributed by atoms with E-state index in [1.807, 2.05) is 37.3 Å². The number of nitrogens with one attached hydrogen (secondary N) is 1. The summed E-state index contributed by atoms with van der Waals surface area (Å²) in [5, 5.41) is 14.7. The van der Waals surface area contributed by atoms with Gasteiger partial charge in [-0.15, -0.1) is 11.3 Å². The van der Waals surface area contributed by atoms with E-state index in [1.165, 1.54) is 18.3 Å². The fourth-order valence-corrected chi connectivity index (χ4v) is 2.99. The fourth-order valence-electron chi connectivity index (χ4n) is 2.14. The van der Waals surface area contributed by atoms with E-state index in [-0.39, 0.29) is 17.7 Å². The maximum absolute atomic E-state index is 12.1. The number of hydrogen-bond donors (Lipinski definition) is 2. The first-order valence-electron chi connectivity index (χ1n) is 7.10. The molecule has 5 heteroatoms. The van der Waals surface area contributed by atoms with Gasteiger partial charge in [0, 0.05) is 17.0 Å². The molecule has 0 radical (unpaired) electrons. The maximum Gasteiger partial charge on any atom is 0.261 e. The van der Waals surface area contributed by atoms with Crippen LogP contribution in [0.4, 0.5) is 0 Å². The second kappa shape index (κ2) is 7.33. The number of rotatable bonds is 6. The number of carbonyl (C=O) groups is 2. The molecule has 0 aliphatic rings. The van der Waals surface area contributed by atoms with E-state index in [4.69, 9.17) is 0 Å². The lowest BCUT2D eigenvalue weighted by atomic mass is 10.0. The van der Waals surface area contributed by atoms with Gasteiger partial charge in [0.05, 0.1) is 11.0 Å². The smallest absolute Gasteiger partial charge is 0.261 e. The number of benzene rings is 1. The van der Waals surface area contributed by atoms with Crippen molar-refractivity contribution in [2.45, 2.75) is 32.4 Å². The van der Waals surface area contributed by atoms with Crippen LogP contribution in [0, 0.1) is 0 Å². The van der Waals surface area contributed by atoms with Crippen LogP contribution < -0.4 is 5.32 Å². The molecule has 1 amide bonds. The summed E-state index contributed by atoms with van der Waals surface area (Å²) in [4.78, 5) is 23.9. The second-order valence-electron chi connectivity index (χ2n) is 5.29. The van der Waals surface area contributed by atoms with Crippen molar-refractivity contribution in [3.8, 4) is 0 Å². The molecule has 2 rings (SSSR count). The van der Waals surface area contributed by atoms with Crippen LogP contribution in [-0.2, 0) is 0 Å². The molecular formula is C17H19NO3S. The molecule has 0 saturated heterocycles. The molecule has 2 aromatic rings. The largest absolute Gasteiger partial charge is 0.388 e. The average Bonchev–Trinajstić information content (AvgIpc) is 2.98. The standard InChI is InChI=1S/C17H19NO3S/c1-11(8-15(20)13-6-4-3-5-7-13)18-17(21)16-9-14(10-22-16)12(2)19/h3-7,9-11,15,20H,8H2,1-2H3,(H,18,21)/t11-,15+/m0/s1. The summed E-state index contributed by atoms with van der Waals surface area (Å²) < 4.78 is 0. The Labute approximate surface area is 133 Å². The summed E-state index contributed by atoms with van der Waals surface area (Å²) >= 11 is 1.25. The number of Topliss-reactive ketones (excluding diaryl/α,β-unsaturated/α-hetero) is 1. The Morgan fingerprint density at radius 1 is 1.27 bits per heavy atom. The van der Waals surface area contributed by atoms with Gasteiger partial charge in [0.1, 0.15) is 0 Å². The average molecular weight is 317 g/mol. The highest BCUT2D eigenvalue weighted by atomic mass is 32.1.